The first-order valence-corrected chi connectivity index (χ1v) is 11.5. The molecule has 1 aliphatic rings. The van der Waals surface area contributed by atoms with Gasteiger partial charge in [-0.1, -0.05) is 24.3 Å². The van der Waals surface area contributed by atoms with E-state index in [1.807, 2.05) is 36.0 Å². The van der Waals surface area contributed by atoms with Gasteiger partial charge in [-0.15, -0.1) is 4.91 Å². The monoisotopic (exact) mass is 472 g/mol. The number of hydrogen-bond donors (Lipinski definition) is 1. The first-order valence-electron chi connectivity index (χ1n) is 11.5. The number of rotatable bonds is 7. The molecule has 0 bridgehead atoms. The maximum Gasteiger partial charge on any atom is 0.273 e. The summed E-state index contributed by atoms with van der Waals surface area (Å²) in [5.41, 5.74) is 6.27. The molecule has 0 aliphatic carbocycles. The second kappa shape index (κ2) is 10.0. The molecule has 2 aromatic carbocycles. The van der Waals surface area contributed by atoms with Crippen molar-refractivity contribution in [1.29, 1.82) is 0 Å². The molecule has 1 N–H and O–H groups in total. The first kappa shape index (κ1) is 22.7. The number of amides is 1. The second-order valence-electron chi connectivity index (χ2n) is 8.67. The van der Waals surface area contributed by atoms with E-state index in [2.05, 4.69) is 31.8 Å². The van der Waals surface area contributed by atoms with Crippen molar-refractivity contribution >= 4 is 22.6 Å². The highest BCUT2D eigenvalue weighted by Crippen LogP contribution is 2.23. The van der Waals surface area contributed by atoms with Crippen LogP contribution in [0.1, 0.15) is 21.5 Å². The number of hydrogen-bond acceptors (Lipinski definition) is 6. The average Bonchev–Trinajstić information content (AvgIpc) is 3.27. The summed E-state index contributed by atoms with van der Waals surface area (Å²) in [4.78, 5) is 31.3. The van der Waals surface area contributed by atoms with Crippen molar-refractivity contribution in [3.05, 3.63) is 100 Å². The Hall–Kier alpha value is -4.11. The molecule has 1 amide bonds. The van der Waals surface area contributed by atoms with E-state index in [0.717, 1.165) is 60.6 Å². The zero-order valence-electron chi connectivity index (χ0n) is 19.1. The van der Waals surface area contributed by atoms with E-state index in [0.29, 0.717) is 12.1 Å². The van der Waals surface area contributed by atoms with Crippen LogP contribution in [0.5, 0.6) is 0 Å². The lowest BCUT2D eigenvalue weighted by atomic mass is 10.1. The minimum Gasteiger partial charge on any atom is -0.368 e. The minimum absolute atomic E-state index is 0.191. The van der Waals surface area contributed by atoms with Gasteiger partial charge in [-0.05, 0) is 47.5 Å². The molecule has 5 rings (SSSR count). The van der Waals surface area contributed by atoms with Crippen molar-refractivity contribution in [2.75, 3.05) is 31.1 Å². The van der Waals surface area contributed by atoms with Crippen LogP contribution in [0, 0.1) is 10.7 Å². The number of benzene rings is 2. The third-order valence-corrected chi connectivity index (χ3v) is 6.34. The molecule has 1 fully saturated rings. The lowest BCUT2D eigenvalue weighted by Crippen LogP contribution is -2.46. The molecule has 178 valence electrons. The third-order valence-electron chi connectivity index (χ3n) is 6.34. The van der Waals surface area contributed by atoms with Gasteiger partial charge in [0.05, 0.1) is 17.2 Å². The number of piperazine rings is 1. The van der Waals surface area contributed by atoms with Gasteiger partial charge in [-0.25, -0.2) is 14.8 Å². The van der Waals surface area contributed by atoms with Gasteiger partial charge >= 0.3 is 0 Å². The number of pyridine rings is 1. The van der Waals surface area contributed by atoms with Crippen molar-refractivity contribution in [2.45, 2.75) is 13.1 Å². The van der Waals surface area contributed by atoms with E-state index in [1.54, 1.807) is 24.3 Å². The molecule has 35 heavy (non-hydrogen) atoms. The minimum atomic E-state index is -0.526. The molecule has 8 nitrogen and oxygen atoms in total. The SMILES string of the molecule is O=NNC(=O)c1ccc(Cn2ccc3cc(N4CCN(Cc5cccc(F)c5)CC4)cnc32)cc1. The van der Waals surface area contributed by atoms with E-state index in [1.165, 1.54) is 6.07 Å². The molecule has 1 saturated heterocycles. The fourth-order valence-electron chi connectivity index (χ4n) is 4.49. The summed E-state index contributed by atoms with van der Waals surface area (Å²) in [6.07, 6.45) is 3.93. The Kier molecular flexibility index (Phi) is 6.49. The van der Waals surface area contributed by atoms with Crippen molar-refractivity contribution in [2.24, 2.45) is 5.29 Å². The summed E-state index contributed by atoms with van der Waals surface area (Å²) in [7, 11) is 0. The highest BCUT2D eigenvalue weighted by Gasteiger charge is 2.18. The summed E-state index contributed by atoms with van der Waals surface area (Å²) >= 11 is 0. The zero-order chi connectivity index (χ0) is 24.2. The number of aromatic nitrogens is 2. The Morgan fingerprint density at radius 3 is 2.51 bits per heavy atom. The molecule has 0 saturated carbocycles. The van der Waals surface area contributed by atoms with E-state index in [-0.39, 0.29) is 5.82 Å². The smallest absolute Gasteiger partial charge is 0.273 e. The highest BCUT2D eigenvalue weighted by atomic mass is 19.1. The van der Waals surface area contributed by atoms with Crippen LogP contribution in [-0.4, -0.2) is 46.5 Å². The number of halogens is 1. The summed E-state index contributed by atoms with van der Waals surface area (Å²) in [6, 6.07) is 18.1. The van der Waals surface area contributed by atoms with Crippen LogP contribution >= 0.6 is 0 Å². The normalized spacial score (nSPS) is 14.3. The Morgan fingerprint density at radius 1 is 0.971 bits per heavy atom. The first-order chi connectivity index (χ1) is 17.1. The molecular weight excluding hydrogens is 447 g/mol. The maximum absolute atomic E-state index is 13.5. The van der Waals surface area contributed by atoms with Crippen LogP contribution in [0.15, 0.2) is 78.3 Å². The average molecular weight is 473 g/mol. The van der Waals surface area contributed by atoms with Crippen molar-refractivity contribution < 1.29 is 9.18 Å². The van der Waals surface area contributed by atoms with Gasteiger partial charge < -0.3 is 9.47 Å². The number of anilines is 1. The van der Waals surface area contributed by atoms with E-state index in [9.17, 15) is 14.1 Å². The molecule has 0 atom stereocenters. The Balaban J connectivity index is 1.22. The van der Waals surface area contributed by atoms with E-state index in [4.69, 9.17) is 4.98 Å². The van der Waals surface area contributed by atoms with Crippen LogP contribution in [0.4, 0.5) is 10.1 Å². The van der Waals surface area contributed by atoms with Crippen LogP contribution in [0.2, 0.25) is 0 Å². The van der Waals surface area contributed by atoms with Gasteiger partial charge in [0.1, 0.15) is 11.5 Å². The van der Waals surface area contributed by atoms with Crippen LogP contribution in [-0.2, 0) is 13.1 Å². The number of nitroso groups, excluding NO2 is 1. The molecule has 0 spiro atoms. The standard InChI is InChI=1S/C26H25FN6O2/c27-23-3-1-2-20(14-23)17-31-10-12-32(13-11-31)24-15-22-8-9-33(25(22)28-16-24)18-19-4-6-21(7-5-19)26(34)29-30-35/h1-9,14-16H,10-13,17-18H2,(H,29,34,35). The van der Waals surface area contributed by atoms with Crippen LogP contribution in [0.25, 0.3) is 11.0 Å². The number of nitrogens with zero attached hydrogens (tertiary/aromatic N) is 5. The Morgan fingerprint density at radius 2 is 1.77 bits per heavy atom. The fraction of sp³-hybridized carbons (Fsp3) is 0.231. The largest absolute Gasteiger partial charge is 0.368 e. The molecule has 0 radical (unpaired) electrons. The van der Waals surface area contributed by atoms with Crippen molar-refractivity contribution in [3.8, 4) is 0 Å². The Bertz CT molecular complexity index is 1350. The maximum atomic E-state index is 13.5. The quantitative estimate of drug-likeness (QED) is 0.325. The van der Waals surface area contributed by atoms with Gasteiger partial charge in [0.2, 0.25) is 0 Å². The number of carbonyl (C=O) groups excluding carboxylic acids is 1. The van der Waals surface area contributed by atoms with E-state index >= 15 is 0 Å². The Labute approximate surface area is 201 Å². The lowest BCUT2D eigenvalue weighted by Gasteiger charge is -2.36. The van der Waals surface area contributed by atoms with Gasteiger partial charge in [0.25, 0.3) is 5.91 Å². The molecule has 0 unspecified atom stereocenters. The van der Waals surface area contributed by atoms with Gasteiger partial charge in [0.15, 0.2) is 0 Å². The molecular formula is C26H25FN6O2. The third kappa shape index (κ3) is 5.20. The van der Waals surface area contributed by atoms with Gasteiger partial charge in [-0.2, -0.15) is 0 Å². The predicted octanol–water partition coefficient (Wildman–Crippen LogP) is 3.96. The number of fused-ring (bicyclic) bond motifs is 1. The summed E-state index contributed by atoms with van der Waals surface area (Å²) in [5, 5.41) is 3.48. The fourth-order valence-corrected chi connectivity index (χ4v) is 4.49. The zero-order valence-corrected chi connectivity index (χ0v) is 19.1. The predicted molar refractivity (Wildman–Crippen MR) is 132 cm³/mol. The van der Waals surface area contributed by atoms with Crippen molar-refractivity contribution in [3.63, 3.8) is 0 Å². The van der Waals surface area contributed by atoms with E-state index < -0.39 is 5.91 Å². The molecule has 4 aromatic rings. The van der Waals surface area contributed by atoms with Crippen LogP contribution < -0.4 is 10.3 Å². The number of carbonyl (C=O) groups is 1. The second-order valence-corrected chi connectivity index (χ2v) is 8.67. The summed E-state index contributed by atoms with van der Waals surface area (Å²) in [5.74, 6) is -0.717. The van der Waals surface area contributed by atoms with Gasteiger partial charge in [0, 0.05) is 56.4 Å². The molecule has 2 aromatic heterocycles. The topological polar surface area (TPSA) is 82.8 Å². The van der Waals surface area contributed by atoms with Crippen molar-refractivity contribution in [1.82, 2.24) is 19.9 Å². The molecule has 3 heterocycles. The molecule has 1 aliphatic heterocycles. The van der Waals surface area contributed by atoms with Crippen LogP contribution in [0.3, 0.4) is 0 Å². The summed E-state index contributed by atoms with van der Waals surface area (Å²) in [6.45, 7) is 4.97. The summed E-state index contributed by atoms with van der Waals surface area (Å²) < 4.78 is 15.5. The highest BCUT2D eigenvalue weighted by molar-refractivity contribution is 5.93. The van der Waals surface area contributed by atoms with Gasteiger partial charge in [-0.3, -0.25) is 9.69 Å². The number of nitrogens with one attached hydrogen (secondary N) is 1. The molecule has 9 heteroatoms. The lowest BCUT2D eigenvalue weighted by molar-refractivity contribution is 0.0954.